The minimum atomic E-state index is -0.972. The molecule has 0 fully saturated rings. The Balaban J connectivity index is 1.78. The molecule has 2 aromatic carbocycles. The first kappa shape index (κ1) is 15.4. The number of aromatic carboxylic acids is 1. The lowest BCUT2D eigenvalue weighted by molar-refractivity contribution is 0.0696. The molecule has 21 heavy (non-hydrogen) atoms. The molecule has 0 heterocycles. The van der Waals surface area contributed by atoms with Gasteiger partial charge in [0, 0.05) is 6.42 Å². The summed E-state index contributed by atoms with van der Waals surface area (Å²) in [6.07, 6.45) is 0.707. The first-order valence-corrected chi connectivity index (χ1v) is 7.29. The number of halogens is 1. The van der Waals surface area contributed by atoms with Crippen molar-refractivity contribution in [1.29, 1.82) is 0 Å². The van der Waals surface area contributed by atoms with Crippen molar-refractivity contribution < 1.29 is 19.4 Å². The average molecular weight is 351 g/mol. The molecule has 110 valence electrons. The largest absolute Gasteiger partial charge is 0.493 e. The lowest BCUT2D eigenvalue weighted by atomic mass is 10.2. The van der Waals surface area contributed by atoms with Crippen molar-refractivity contribution >= 4 is 21.9 Å². The Morgan fingerprint density at radius 3 is 2.48 bits per heavy atom. The van der Waals surface area contributed by atoms with Crippen LogP contribution in [0.15, 0.2) is 53.0 Å². The molecule has 0 radical (unpaired) electrons. The topological polar surface area (TPSA) is 55.8 Å². The molecule has 0 atom stereocenters. The van der Waals surface area contributed by atoms with Gasteiger partial charge >= 0.3 is 5.97 Å². The molecule has 0 saturated heterocycles. The minimum absolute atomic E-state index is 0.203. The molecule has 5 heteroatoms. The SMILES string of the molecule is O=C(O)c1ccc(Br)c(OCCCOc2ccccc2)c1. The molecular formula is C16H15BrO4. The van der Waals surface area contributed by atoms with E-state index in [4.69, 9.17) is 14.6 Å². The van der Waals surface area contributed by atoms with Crippen LogP contribution in [0.3, 0.4) is 0 Å². The van der Waals surface area contributed by atoms with Gasteiger partial charge in [0.2, 0.25) is 0 Å². The van der Waals surface area contributed by atoms with E-state index >= 15 is 0 Å². The minimum Gasteiger partial charge on any atom is -0.493 e. The van der Waals surface area contributed by atoms with Crippen molar-refractivity contribution in [2.45, 2.75) is 6.42 Å². The third kappa shape index (κ3) is 4.79. The molecule has 2 aromatic rings. The van der Waals surface area contributed by atoms with Gasteiger partial charge in [0.15, 0.2) is 0 Å². The summed E-state index contributed by atoms with van der Waals surface area (Å²) in [5, 5.41) is 8.94. The highest BCUT2D eigenvalue weighted by molar-refractivity contribution is 9.10. The Kier molecular flexibility index (Phi) is 5.63. The molecule has 0 aliphatic carbocycles. The molecule has 0 spiro atoms. The summed E-state index contributed by atoms with van der Waals surface area (Å²) in [5.41, 5.74) is 0.203. The van der Waals surface area contributed by atoms with E-state index in [1.165, 1.54) is 12.1 Å². The molecule has 4 nitrogen and oxygen atoms in total. The second-order valence-electron chi connectivity index (χ2n) is 4.31. The summed E-state index contributed by atoms with van der Waals surface area (Å²) in [5.74, 6) is 0.376. The highest BCUT2D eigenvalue weighted by Crippen LogP contribution is 2.26. The monoisotopic (exact) mass is 350 g/mol. The standard InChI is InChI=1S/C16H15BrO4/c17-14-8-7-12(16(18)19)11-15(14)21-10-4-9-20-13-5-2-1-3-6-13/h1-3,5-8,11H,4,9-10H2,(H,18,19). The van der Waals surface area contributed by atoms with Gasteiger partial charge in [-0.3, -0.25) is 0 Å². The Bertz CT molecular complexity index is 598. The van der Waals surface area contributed by atoms with Crippen molar-refractivity contribution in [1.82, 2.24) is 0 Å². The fourth-order valence-corrected chi connectivity index (χ4v) is 2.06. The van der Waals surface area contributed by atoms with Crippen LogP contribution < -0.4 is 9.47 Å². The Morgan fingerprint density at radius 1 is 1.05 bits per heavy atom. The Morgan fingerprint density at radius 2 is 1.76 bits per heavy atom. The Labute approximate surface area is 131 Å². The zero-order chi connectivity index (χ0) is 15.1. The van der Waals surface area contributed by atoms with E-state index in [0.29, 0.717) is 25.4 Å². The Hall–Kier alpha value is -2.01. The maximum Gasteiger partial charge on any atom is 0.335 e. The first-order chi connectivity index (χ1) is 10.2. The molecule has 0 bridgehead atoms. The molecule has 0 amide bonds. The van der Waals surface area contributed by atoms with Gasteiger partial charge < -0.3 is 14.6 Å². The van der Waals surface area contributed by atoms with E-state index < -0.39 is 5.97 Å². The van der Waals surface area contributed by atoms with E-state index in [1.54, 1.807) is 6.07 Å². The summed E-state index contributed by atoms with van der Waals surface area (Å²) in [7, 11) is 0. The van der Waals surface area contributed by atoms with Crippen LogP contribution in [0.1, 0.15) is 16.8 Å². The van der Waals surface area contributed by atoms with Crippen LogP contribution in [0.25, 0.3) is 0 Å². The first-order valence-electron chi connectivity index (χ1n) is 6.50. The molecule has 0 saturated carbocycles. The van der Waals surface area contributed by atoms with Gasteiger partial charge in [-0.05, 0) is 46.3 Å². The van der Waals surface area contributed by atoms with Crippen LogP contribution in [0.5, 0.6) is 11.5 Å². The number of hydrogen-bond donors (Lipinski definition) is 1. The predicted octanol–water partition coefficient (Wildman–Crippen LogP) is 4.00. The van der Waals surface area contributed by atoms with Crippen LogP contribution in [0.4, 0.5) is 0 Å². The van der Waals surface area contributed by atoms with Crippen molar-refractivity contribution in [3.05, 3.63) is 58.6 Å². The van der Waals surface area contributed by atoms with Crippen molar-refractivity contribution in [3.63, 3.8) is 0 Å². The molecule has 0 unspecified atom stereocenters. The van der Waals surface area contributed by atoms with Crippen LogP contribution >= 0.6 is 15.9 Å². The molecule has 0 aliphatic heterocycles. The van der Waals surface area contributed by atoms with Gasteiger partial charge in [-0.1, -0.05) is 18.2 Å². The zero-order valence-corrected chi connectivity index (χ0v) is 12.9. The zero-order valence-electron chi connectivity index (χ0n) is 11.3. The highest BCUT2D eigenvalue weighted by Gasteiger charge is 2.07. The van der Waals surface area contributed by atoms with Crippen LogP contribution in [-0.2, 0) is 0 Å². The molecule has 2 rings (SSSR count). The molecule has 0 aliphatic rings. The second kappa shape index (κ2) is 7.69. The van der Waals surface area contributed by atoms with Crippen molar-refractivity contribution in [3.8, 4) is 11.5 Å². The molecule has 1 N–H and O–H groups in total. The van der Waals surface area contributed by atoms with Crippen molar-refractivity contribution in [2.24, 2.45) is 0 Å². The maximum absolute atomic E-state index is 10.9. The fraction of sp³-hybridized carbons (Fsp3) is 0.188. The average Bonchev–Trinajstić information content (AvgIpc) is 2.49. The summed E-state index contributed by atoms with van der Waals surface area (Å²) in [4.78, 5) is 10.9. The molecule has 0 aromatic heterocycles. The van der Waals surface area contributed by atoms with Crippen molar-refractivity contribution in [2.75, 3.05) is 13.2 Å². The van der Waals surface area contributed by atoms with Gasteiger partial charge in [0.25, 0.3) is 0 Å². The smallest absolute Gasteiger partial charge is 0.335 e. The quantitative estimate of drug-likeness (QED) is 0.767. The lowest BCUT2D eigenvalue weighted by Gasteiger charge is -2.10. The number of carbonyl (C=O) groups is 1. The van der Waals surface area contributed by atoms with E-state index in [0.717, 1.165) is 10.2 Å². The number of hydrogen-bond acceptors (Lipinski definition) is 3. The van der Waals surface area contributed by atoms with E-state index in [-0.39, 0.29) is 5.56 Å². The summed E-state index contributed by atoms with van der Waals surface area (Å²) in [6.45, 7) is 0.995. The normalized spacial score (nSPS) is 10.1. The third-order valence-corrected chi connectivity index (χ3v) is 3.39. The number of ether oxygens (including phenoxy) is 2. The van der Waals surface area contributed by atoms with Gasteiger partial charge in [-0.2, -0.15) is 0 Å². The second-order valence-corrected chi connectivity index (χ2v) is 5.17. The summed E-state index contributed by atoms with van der Waals surface area (Å²) in [6, 6.07) is 14.3. The van der Waals surface area contributed by atoms with Gasteiger partial charge in [0.1, 0.15) is 11.5 Å². The number of carboxylic acids is 1. The number of carboxylic acid groups (broad SMARTS) is 1. The van der Waals surface area contributed by atoms with Crippen LogP contribution in [0.2, 0.25) is 0 Å². The fourth-order valence-electron chi connectivity index (χ4n) is 1.69. The summed E-state index contributed by atoms with van der Waals surface area (Å²) >= 11 is 3.34. The van der Waals surface area contributed by atoms with Crippen LogP contribution in [0, 0.1) is 0 Å². The summed E-state index contributed by atoms with van der Waals surface area (Å²) < 4.78 is 11.9. The van der Waals surface area contributed by atoms with E-state index in [9.17, 15) is 4.79 Å². The maximum atomic E-state index is 10.9. The van der Waals surface area contributed by atoms with Gasteiger partial charge in [-0.15, -0.1) is 0 Å². The molecular weight excluding hydrogens is 336 g/mol. The number of benzene rings is 2. The third-order valence-electron chi connectivity index (χ3n) is 2.74. The predicted molar refractivity (Wildman–Crippen MR) is 83.2 cm³/mol. The number of para-hydroxylation sites is 1. The van der Waals surface area contributed by atoms with Gasteiger partial charge in [0.05, 0.1) is 23.2 Å². The van der Waals surface area contributed by atoms with Gasteiger partial charge in [-0.25, -0.2) is 4.79 Å². The number of rotatable bonds is 7. The highest BCUT2D eigenvalue weighted by atomic mass is 79.9. The van der Waals surface area contributed by atoms with Crippen LogP contribution in [-0.4, -0.2) is 24.3 Å². The van der Waals surface area contributed by atoms with E-state index in [2.05, 4.69) is 15.9 Å². The lowest BCUT2D eigenvalue weighted by Crippen LogP contribution is -2.06. The van der Waals surface area contributed by atoms with E-state index in [1.807, 2.05) is 30.3 Å².